The third-order valence-corrected chi connectivity index (χ3v) is 6.10. The van der Waals surface area contributed by atoms with E-state index in [0.717, 1.165) is 22.1 Å². The van der Waals surface area contributed by atoms with Gasteiger partial charge in [-0.25, -0.2) is 9.97 Å². The maximum Gasteiger partial charge on any atom is 0.237 e. The molecule has 1 atom stereocenters. The minimum atomic E-state index is -0.438. The molecule has 9 heteroatoms. The highest BCUT2D eigenvalue weighted by Gasteiger charge is 2.21. The summed E-state index contributed by atoms with van der Waals surface area (Å²) in [5, 5.41) is 9.05. The van der Waals surface area contributed by atoms with Crippen LogP contribution in [0.5, 0.6) is 5.75 Å². The Morgan fingerprint density at radius 3 is 2.77 bits per heavy atom. The number of anilines is 1. The Kier molecular flexibility index (Phi) is 5.53. The van der Waals surface area contributed by atoms with Crippen molar-refractivity contribution in [1.82, 2.24) is 19.6 Å². The molecule has 7 nitrogen and oxygen atoms in total. The molecule has 1 N–H and O–H groups in total. The molecule has 30 heavy (non-hydrogen) atoms. The zero-order valence-corrected chi connectivity index (χ0v) is 18.5. The maximum absolute atomic E-state index is 12.9. The number of hydrogen-bond donors (Lipinski definition) is 1. The van der Waals surface area contributed by atoms with E-state index in [1.807, 2.05) is 45.0 Å². The van der Waals surface area contributed by atoms with Gasteiger partial charge in [0.05, 0.1) is 23.6 Å². The summed E-state index contributed by atoms with van der Waals surface area (Å²) < 4.78 is 7.04. The van der Waals surface area contributed by atoms with Crippen LogP contribution in [0.1, 0.15) is 18.3 Å². The van der Waals surface area contributed by atoms with Crippen molar-refractivity contribution in [3.05, 3.63) is 52.8 Å². The summed E-state index contributed by atoms with van der Waals surface area (Å²) in [6.07, 6.45) is 0. The summed E-state index contributed by atoms with van der Waals surface area (Å²) in [6.45, 7) is 5.53. The van der Waals surface area contributed by atoms with Crippen molar-refractivity contribution >= 4 is 51.5 Å². The number of nitrogens with zero attached hydrogens (tertiary/aromatic N) is 4. The number of para-hydroxylation sites is 1. The molecule has 2 heterocycles. The molecule has 2 aromatic carbocycles. The van der Waals surface area contributed by atoms with Gasteiger partial charge in [-0.05, 0) is 44.5 Å². The van der Waals surface area contributed by atoms with Crippen molar-refractivity contribution in [3.63, 3.8) is 0 Å². The lowest BCUT2D eigenvalue weighted by atomic mass is 10.2. The van der Waals surface area contributed by atoms with Crippen molar-refractivity contribution in [2.75, 3.05) is 12.4 Å². The number of rotatable bonds is 5. The molecule has 1 amide bonds. The summed E-state index contributed by atoms with van der Waals surface area (Å²) in [6, 6.07) is 11.2. The lowest BCUT2D eigenvalue weighted by Gasteiger charge is -2.15. The van der Waals surface area contributed by atoms with Gasteiger partial charge in [-0.15, -0.1) is 5.10 Å². The fraction of sp³-hybridized carbons (Fsp3) is 0.238. The van der Waals surface area contributed by atoms with Gasteiger partial charge in [-0.1, -0.05) is 35.5 Å². The number of thioether (sulfide) groups is 1. The number of aromatic nitrogens is 4. The molecule has 2 aromatic heterocycles. The van der Waals surface area contributed by atoms with Crippen LogP contribution in [-0.4, -0.2) is 37.8 Å². The molecule has 0 spiro atoms. The molecule has 154 valence electrons. The number of hydrogen-bond acceptors (Lipinski definition) is 6. The molecule has 0 aliphatic carbocycles. The lowest BCUT2D eigenvalue weighted by Crippen LogP contribution is -2.23. The molecule has 0 saturated heterocycles. The number of nitrogens with one attached hydrogen (secondary N) is 1. The van der Waals surface area contributed by atoms with Gasteiger partial charge in [0.25, 0.3) is 0 Å². The van der Waals surface area contributed by atoms with Crippen LogP contribution < -0.4 is 10.1 Å². The average Bonchev–Trinajstić information content (AvgIpc) is 3.12. The van der Waals surface area contributed by atoms with Crippen LogP contribution in [0.2, 0.25) is 5.02 Å². The van der Waals surface area contributed by atoms with E-state index in [1.165, 1.54) is 18.9 Å². The molecule has 0 saturated carbocycles. The number of fused-ring (bicyclic) bond motifs is 3. The Bertz CT molecular complexity index is 1270. The molecular formula is C21H20ClN5O2S. The lowest BCUT2D eigenvalue weighted by molar-refractivity contribution is -0.115. The van der Waals surface area contributed by atoms with Crippen LogP contribution in [0.3, 0.4) is 0 Å². The van der Waals surface area contributed by atoms with E-state index in [0.29, 0.717) is 27.4 Å². The Morgan fingerprint density at radius 2 is 2.00 bits per heavy atom. The number of benzene rings is 2. The van der Waals surface area contributed by atoms with E-state index in [1.54, 1.807) is 16.6 Å². The number of amides is 1. The van der Waals surface area contributed by atoms with Crippen LogP contribution in [-0.2, 0) is 4.79 Å². The standard InChI is InChI=1S/C21H20ClN5O2S/c1-11-9-17(18(29-4)10-15(11)22)24-20(28)12(2)30-21-25-16-8-6-5-7-14(16)19-23-13(3)26-27(19)21/h5-10,12H,1-4H3,(H,24,28). The number of methoxy groups -OCH3 is 1. The molecule has 0 aliphatic heterocycles. The van der Waals surface area contributed by atoms with Crippen molar-refractivity contribution in [2.45, 2.75) is 31.2 Å². The molecular weight excluding hydrogens is 422 g/mol. The minimum Gasteiger partial charge on any atom is -0.495 e. The molecule has 0 fully saturated rings. The van der Waals surface area contributed by atoms with Gasteiger partial charge in [0.15, 0.2) is 10.8 Å². The second-order valence-electron chi connectivity index (χ2n) is 6.86. The van der Waals surface area contributed by atoms with Crippen LogP contribution in [0, 0.1) is 13.8 Å². The smallest absolute Gasteiger partial charge is 0.237 e. The first-order valence-corrected chi connectivity index (χ1v) is 10.6. The van der Waals surface area contributed by atoms with Gasteiger partial charge in [-0.2, -0.15) is 4.52 Å². The maximum atomic E-state index is 12.9. The SMILES string of the molecule is COc1cc(Cl)c(C)cc1NC(=O)C(C)Sc1nc2ccccc2c2nc(C)nn12. The Morgan fingerprint density at radius 1 is 1.23 bits per heavy atom. The predicted molar refractivity (Wildman–Crippen MR) is 120 cm³/mol. The number of carbonyl (C=O) groups excluding carboxylic acids is 1. The zero-order chi connectivity index (χ0) is 21.4. The van der Waals surface area contributed by atoms with Gasteiger partial charge >= 0.3 is 0 Å². The normalized spacial score (nSPS) is 12.3. The molecule has 0 bridgehead atoms. The van der Waals surface area contributed by atoms with E-state index >= 15 is 0 Å². The molecule has 4 aromatic rings. The Hall–Kier alpha value is -2.84. The molecule has 0 radical (unpaired) electrons. The average molecular weight is 442 g/mol. The number of carbonyl (C=O) groups is 1. The molecule has 4 rings (SSSR count). The van der Waals surface area contributed by atoms with E-state index in [4.69, 9.17) is 21.3 Å². The van der Waals surface area contributed by atoms with Gasteiger partial charge < -0.3 is 10.1 Å². The van der Waals surface area contributed by atoms with E-state index in [9.17, 15) is 4.79 Å². The quantitative estimate of drug-likeness (QED) is 0.358. The highest BCUT2D eigenvalue weighted by molar-refractivity contribution is 8.00. The summed E-state index contributed by atoms with van der Waals surface area (Å²) in [7, 11) is 1.54. The van der Waals surface area contributed by atoms with Gasteiger partial charge in [0.1, 0.15) is 11.6 Å². The Labute approximate surface area is 182 Å². The summed E-state index contributed by atoms with van der Waals surface area (Å²) in [5.41, 5.74) is 2.96. The van der Waals surface area contributed by atoms with E-state index < -0.39 is 5.25 Å². The first-order valence-electron chi connectivity index (χ1n) is 9.31. The third-order valence-electron chi connectivity index (χ3n) is 4.65. The highest BCUT2D eigenvalue weighted by Crippen LogP contribution is 2.32. The predicted octanol–water partition coefficient (Wildman–Crippen LogP) is 4.68. The van der Waals surface area contributed by atoms with Crippen LogP contribution in [0.4, 0.5) is 5.69 Å². The first kappa shape index (κ1) is 20.4. The fourth-order valence-corrected chi connectivity index (χ4v) is 4.10. The summed E-state index contributed by atoms with van der Waals surface area (Å²) in [4.78, 5) is 22.1. The van der Waals surface area contributed by atoms with Crippen molar-refractivity contribution < 1.29 is 9.53 Å². The number of aryl methyl sites for hydroxylation is 2. The third kappa shape index (κ3) is 3.80. The Balaban J connectivity index is 1.64. The van der Waals surface area contributed by atoms with Crippen LogP contribution in [0.15, 0.2) is 41.6 Å². The molecule has 0 aliphatic rings. The van der Waals surface area contributed by atoms with Crippen molar-refractivity contribution in [1.29, 1.82) is 0 Å². The summed E-state index contributed by atoms with van der Waals surface area (Å²) in [5.74, 6) is 0.975. The van der Waals surface area contributed by atoms with E-state index in [2.05, 4.69) is 15.4 Å². The van der Waals surface area contributed by atoms with Crippen LogP contribution >= 0.6 is 23.4 Å². The summed E-state index contributed by atoms with van der Waals surface area (Å²) >= 11 is 7.48. The van der Waals surface area contributed by atoms with Gasteiger partial charge in [0.2, 0.25) is 5.91 Å². The fourth-order valence-electron chi connectivity index (χ4n) is 3.09. The van der Waals surface area contributed by atoms with E-state index in [-0.39, 0.29) is 5.91 Å². The molecule has 1 unspecified atom stereocenters. The van der Waals surface area contributed by atoms with Crippen molar-refractivity contribution in [3.8, 4) is 5.75 Å². The van der Waals surface area contributed by atoms with Gasteiger partial charge in [-0.3, -0.25) is 4.79 Å². The monoisotopic (exact) mass is 441 g/mol. The second kappa shape index (κ2) is 8.12. The van der Waals surface area contributed by atoms with Gasteiger partial charge in [0, 0.05) is 16.5 Å². The van der Waals surface area contributed by atoms with Crippen LogP contribution in [0.25, 0.3) is 16.6 Å². The zero-order valence-electron chi connectivity index (χ0n) is 16.9. The highest BCUT2D eigenvalue weighted by atomic mass is 35.5. The number of halogens is 1. The number of ether oxygens (including phenoxy) is 1. The van der Waals surface area contributed by atoms with Crippen molar-refractivity contribution in [2.24, 2.45) is 0 Å². The largest absolute Gasteiger partial charge is 0.495 e. The minimum absolute atomic E-state index is 0.181. The topological polar surface area (TPSA) is 81.4 Å². The second-order valence-corrected chi connectivity index (χ2v) is 8.57. The first-order chi connectivity index (χ1) is 14.4.